The van der Waals surface area contributed by atoms with E-state index >= 15 is 0 Å². The summed E-state index contributed by atoms with van der Waals surface area (Å²) in [7, 11) is 1.54. The first kappa shape index (κ1) is 21.9. The van der Waals surface area contributed by atoms with Crippen molar-refractivity contribution in [2.75, 3.05) is 26.7 Å². The number of ether oxygens (including phenoxy) is 1. The second kappa shape index (κ2) is 9.81. The molecule has 2 fully saturated rings. The van der Waals surface area contributed by atoms with Crippen molar-refractivity contribution in [2.24, 2.45) is 5.92 Å². The number of carbonyl (C=O) groups is 1. The minimum Gasteiger partial charge on any atom is -0.504 e. The monoisotopic (exact) mass is 404 g/mol. The van der Waals surface area contributed by atoms with Gasteiger partial charge < -0.3 is 20.3 Å². The quantitative estimate of drug-likeness (QED) is 0.579. The largest absolute Gasteiger partial charge is 0.504 e. The number of likely N-dealkylation sites (tertiary alicyclic amines) is 1. The van der Waals surface area contributed by atoms with E-state index in [1.165, 1.54) is 7.11 Å². The van der Waals surface area contributed by atoms with E-state index < -0.39 is 5.60 Å². The van der Waals surface area contributed by atoms with Crippen molar-refractivity contribution in [3.05, 3.63) is 23.8 Å². The molecular formula is C23H36N2O4. The van der Waals surface area contributed by atoms with Crippen molar-refractivity contribution < 1.29 is 19.7 Å². The fourth-order valence-electron chi connectivity index (χ4n) is 5.08. The molecule has 2 aliphatic rings. The molecule has 1 saturated heterocycles. The standard InChI is InChI=1S/C23H36N2O4/c1-3-4-7-13-24-21(27)16-25-14-12-23(28)11-6-5-8-18(23)22(25)17-9-10-19(26)20(15-17)29-2/h9-10,15,18,22,26,28H,3-8,11-14,16H2,1-2H3,(H,24,27)/t18?,22-,23?/m0/s1. The Hall–Kier alpha value is -1.79. The van der Waals surface area contributed by atoms with Crippen molar-refractivity contribution in [1.29, 1.82) is 0 Å². The summed E-state index contributed by atoms with van der Waals surface area (Å²) in [5.74, 6) is 0.646. The van der Waals surface area contributed by atoms with Gasteiger partial charge in [0.2, 0.25) is 5.91 Å². The molecule has 0 aromatic heterocycles. The van der Waals surface area contributed by atoms with Gasteiger partial charge in [0.15, 0.2) is 11.5 Å². The van der Waals surface area contributed by atoms with Gasteiger partial charge in [-0.15, -0.1) is 0 Å². The summed E-state index contributed by atoms with van der Waals surface area (Å²) in [6.07, 6.45) is 7.86. The predicted octanol–water partition coefficient (Wildman–Crippen LogP) is 3.38. The molecule has 1 amide bonds. The van der Waals surface area contributed by atoms with Crippen molar-refractivity contribution in [3.63, 3.8) is 0 Å². The van der Waals surface area contributed by atoms with Crippen LogP contribution in [0, 0.1) is 5.92 Å². The van der Waals surface area contributed by atoms with Crippen LogP contribution in [0.3, 0.4) is 0 Å². The summed E-state index contributed by atoms with van der Waals surface area (Å²) < 4.78 is 5.32. The van der Waals surface area contributed by atoms with Gasteiger partial charge in [0.1, 0.15) is 0 Å². The number of aromatic hydroxyl groups is 1. The Balaban J connectivity index is 1.81. The molecule has 0 radical (unpaired) electrons. The van der Waals surface area contributed by atoms with Crippen LogP contribution in [0.2, 0.25) is 0 Å². The number of aliphatic hydroxyl groups is 1. The van der Waals surface area contributed by atoms with Gasteiger partial charge in [-0.3, -0.25) is 9.69 Å². The predicted molar refractivity (Wildman–Crippen MR) is 113 cm³/mol. The van der Waals surface area contributed by atoms with E-state index in [0.29, 0.717) is 31.8 Å². The minimum atomic E-state index is -0.678. The molecule has 3 N–H and O–H groups in total. The molecule has 1 heterocycles. The number of amides is 1. The fraction of sp³-hybridized carbons (Fsp3) is 0.696. The van der Waals surface area contributed by atoms with Crippen LogP contribution in [0.1, 0.15) is 69.9 Å². The zero-order valence-electron chi connectivity index (χ0n) is 17.8. The van der Waals surface area contributed by atoms with Crippen LogP contribution in [0.15, 0.2) is 18.2 Å². The zero-order valence-corrected chi connectivity index (χ0v) is 17.8. The Bertz CT molecular complexity index is 695. The van der Waals surface area contributed by atoms with Gasteiger partial charge in [-0.2, -0.15) is 0 Å². The lowest BCUT2D eigenvalue weighted by molar-refractivity contribution is -0.137. The maximum Gasteiger partial charge on any atom is 0.234 e. The van der Waals surface area contributed by atoms with Gasteiger partial charge >= 0.3 is 0 Å². The molecule has 1 aromatic rings. The minimum absolute atomic E-state index is 0.0399. The second-order valence-electron chi connectivity index (χ2n) is 8.61. The van der Waals surface area contributed by atoms with E-state index in [0.717, 1.165) is 50.5 Å². The van der Waals surface area contributed by atoms with E-state index in [4.69, 9.17) is 4.74 Å². The van der Waals surface area contributed by atoms with E-state index in [9.17, 15) is 15.0 Å². The van der Waals surface area contributed by atoms with Crippen LogP contribution >= 0.6 is 0 Å². The molecule has 0 bridgehead atoms. The molecule has 1 aliphatic heterocycles. The maximum absolute atomic E-state index is 12.6. The number of benzene rings is 1. The van der Waals surface area contributed by atoms with Crippen LogP contribution in [0.4, 0.5) is 0 Å². The number of hydrogen-bond donors (Lipinski definition) is 3. The molecule has 6 heteroatoms. The first-order chi connectivity index (χ1) is 14.0. The molecule has 3 rings (SSSR count). The lowest BCUT2D eigenvalue weighted by Gasteiger charge is -2.52. The molecule has 2 unspecified atom stereocenters. The van der Waals surface area contributed by atoms with Crippen LogP contribution in [-0.2, 0) is 4.79 Å². The number of phenolic OH excluding ortho intramolecular Hbond substituents is 1. The van der Waals surface area contributed by atoms with Crippen LogP contribution in [0.25, 0.3) is 0 Å². The summed E-state index contributed by atoms with van der Waals surface area (Å²) in [6, 6.07) is 5.33. The van der Waals surface area contributed by atoms with Gasteiger partial charge in [-0.1, -0.05) is 38.7 Å². The van der Waals surface area contributed by atoms with E-state index in [2.05, 4.69) is 17.1 Å². The number of nitrogens with zero attached hydrogens (tertiary/aromatic N) is 1. The zero-order chi connectivity index (χ0) is 20.9. The first-order valence-electron chi connectivity index (χ1n) is 11.1. The number of rotatable bonds is 8. The normalized spacial score (nSPS) is 27.3. The second-order valence-corrected chi connectivity index (χ2v) is 8.61. The molecule has 1 aliphatic carbocycles. The summed E-state index contributed by atoms with van der Waals surface area (Å²) in [4.78, 5) is 14.8. The van der Waals surface area contributed by atoms with Gasteiger partial charge in [0.05, 0.1) is 19.3 Å². The molecular weight excluding hydrogens is 368 g/mol. The molecule has 6 nitrogen and oxygen atoms in total. The third-order valence-corrected chi connectivity index (χ3v) is 6.67. The number of methoxy groups -OCH3 is 1. The molecule has 1 aromatic carbocycles. The van der Waals surface area contributed by atoms with Gasteiger partial charge in [0, 0.05) is 25.0 Å². The highest BCUT2D eigenvalue weighted by Crippen LogP contribution is 2.49. The summed E-state index contributed by atoms with van der Waals surface area (Å²) in [5.41, 5.74) is 0.311. The number of unbranched alkanes of at least 4 members (excludes halogenated alkanes) is 2. The third kappa shape index (κ3) is 5.04. The maximum atomic E-state index is 12.6. The fourth-order valence-corrected chi connectivity index (χ4v) is 5.08. The van der Waals surface area contributed by atoms with Gasteiger partial charge in [-0.25, -0.2) is 0 Å². The van der Waals surface area contributed by atoms with Crippen molar-refractivity contribution >= 4 is 5.91 Å². The van der Waals surface area contributed by atoms with E-state index in [1.807, 2.05) is 12.1 Å². The summed E-state index contributed by atoms with van der Waals surface area (Å²) in [5, 5.41) is 24.4. The average molecular weight is 405 g/mol. The van der Waals surface area contributed by atoms with Crippen LogP contribution in [0.5, 0.6) is 11.5 Å². The van der Waals surface area contributed by atoms with E-state index in [-0.39, 0.29) is 23.6 Å². The smallest absolute Gasteiger partial charge is 0.234 e. The lowest BCUT2D eigenvalue weighted by atomic mass is 9.66. The highest BCUT2D eigenvalue weighted by molar-refractivity contribution is 5.78. The average Bonchev–Trinajstić information content (AvgIpc) is 2.72. The Labute approximate surface area is 174 Å². The Kier molecular flexibility index (Phi) is 7.41. The SMILES string of the molecule is CCCCCNC(=O)CN1CCC2(O)CCCCC2[C@@H]1c1ccc(O)c(OC)c1. The van der Waals surface area contributed by atoms with Crippen molar-refractivity contribution in [3.8, 4) is 11.5 Å². The number of phenols is 1. The molecule has 1 saturated carbocycles. The number of fused-ring (bicyclic) bond motifs is 1. The molecule has 162 valence electrons. The summed E-state index contributed by atoms with van der Waals surface area (Å²) in [6.45, 7) is 3.87. The molecule has 0 spiro atoms. The van der Waals surface area contributed by atoms with Crippen LogP contribution in [-0.4, -0.2) is 53.4 Å². The van der Waals surface area contributed by atoms with E-state index in [1.54, 1.807) is 6.07 Å². The lowest BCUT2D eigenvalue weighted by Crippen LogP contribution is -2.56. The number of piperidine rings is 1. The topological polar surface area (TPSA) is 82.0 Å². The summed E-state index contributed by atoms with van der Waals surface area (Å²) >= 11 is 0. The number of carbonyl (C=O) groups excluding carboxylic acids is 1. The highest BCUT2D eigenvalue weighted by Gasteiger charge is 2.49. The number of hydrogen-bond acceptors (Lipinski definition) is 5. The van der Waals surface area contributed by atoms with Crippen molar-refractivity contribution in [2.45, 2.75) is 69.9 Å². The Morgan fingerprint density at radius 1 is 1.31 bits per heavy atom. The van der Waals surface area contributed by atoms with Gasteiger partial charge in [-0.05, 0) is 43.4 Å². The molecule has 29 heavy (non-hydrogen) atoms. The molecule has 3 atom stereocenters. The van der Waals surface area contributed by atoms with Crippen LogP contribution < -0.4 is 10.1 Å². The van der Waals surface area contributed by atoms with Crippen molar-refractivity contribution in [1.82, 2.24) is 10.2 Å². The van der Waals surface area contributed by atoms with Gasteiger partial charge in [0.25, 0.3) is 0 Å². The highest BCUT2D eigenvalue weighted by atomic mass is 16.5. The number of nitrogens with one attached hydrogen (secondary N) is 1. The third-order valence-electron chi connectivity index (χ3n) is 6.67. The Morgan fingerprint density at radius 2 is 2.14 bits per heavy atom. The Morgan fingerprint density at radius 3 is 2.90 bits per heavy atom. The first-order valence-corrected chi connectivity index (χ1v) is 11.1.